The van der Waals surface area contributed by atoms with Crippen LogP contribution in [0.5, 0.6) is 0 Å². The first kappa shape index (κ1) is 13.6. The van der Waals surface area contributed by atoms with Crippen LogP contribution in [0.15, 0.2) is 28.7 Å². The summed E-state index contributed by atoms with van der Waals surface area (Å²) >= 11 is 3.40. The molecule has 0 aromatic heterocycles. The van der Waals surface area contributed by atoms with Gasteiger partial charge in [0.05, 0.1) is 6.61 Å². The summed E-state index contributed by atoms with van der Waals surface area (Å²) in [6.45, 7) is 2.63. The fraction of sp³-hybridized carbons (Fsp3) is 0.500. The molecular formula is C12H18BrNO2. The van der Waals surface area contributed by atoms with E-state index in [0.29, 0.717) is 6.54 Å². The molecule has 1 aromatic rings. The van der Waals surface area contributed by atoms with Gasteiger partial charge in [-0.25, -0.2) is 0 Å². The molecule has 3 nitrogen and oxygen atoms in total. The minimum absolute atomic E-state index is 0.155. The fourth-order valence-electron chi connectivity index (χ4n) is 1.55. The van der Waals surface area contributed by atoms with Crippen molar-refractivity contribution in [1.29, 1.82) is 0 Å². The van der Waals surface area contributed by atoms with Gasteiger partial charge in [0.2, 0.25) is 0 Å². The molecule has 0 atom stereocenters. The van der Waals surface area contributed by atoms with Gasteiger partial charge in [-0.2, -0.15) is 0 Å². The normalized spacial score (nSPS) is 11.0. The summed E-state index contributed by atoms with van der Waals surface area (Å²) in [5.41, 5.74) is 1.22. The van der Waals surface area contributed by atoms with Crippen molar-refractivity contribution in [2.24, 2.45) is 0 Å². The Bertz CT molecular complexity index is 290. The van der Waals surface area contributed by atoms with E-state index >= 15 is 0 Å². The monoisotopic (exact) mass is 287 g/mol. The molecule has 0 bridgehead atoms. The summed E-state index contributed by atoms with van der Waals surface area (Å²) in [5, 5.41) is 17.7. The van der Waals surface area contributed by atoms with Crippen molar-refractivity contribution in [2.75, 3.05) is 26.3 Å². The van der Waals surface area contributed by atoms with Crippen molar-refractivity contribution in [3.63, 3.8) is 0 Å². The average molecular weight is 288 g/mol. The van der Waals surface area contributed by atoms with Crippen LogP contribution in [-0.4, -0.2) is 41.4 Å². The van der Waals surface area contributed by atoms with E-state index in [1.807, 2.05) is 12.1 Å². The number of hydrogen-bond donors (Lipinski definition) is 2. The van der Waals surface area contributed by atoms with Gasteiger partial charge in [-0.1, -0.05) is 28.1 Å². The Balaban J connectivity index is 2.49. The second-order valence-corrected chi connectivity index (χ2v) is 4.62. The number of aliphatic hydroxyl groups excluding tert-OH is 2. The molecule has 0 aliphatic carbocycles. The van der Waals surface area contributed by atoms with Gasteiger partial charge in [0.1, 0.15) is 0 Å². The largest absolute Gasteiger partial charge is 0.396 e. The predicted octanol–water partition coefficient (Wildman–Crippen LogP) is 1.63. The molecule has 90 valence electrons. The van der Waals surface area contributed by atoms with Crippen molar-refractivity contribution in [2.45, 2.75) is 13.0 Å². The molecule has 4 heteroatoms. The van der Waals surface area contributed by atoms with E-state index < -0.39 is 0 Å². The Morgan fingerprint density at radius 3 is 2.25 bits per heavy atom. The minimum Gasteiger partial charge on any atom is -0.396 e. The van der Waals surface area contributed by atoms with Gasteiger partial charge in [-0.15, -0.1) is 0 Å². The first-order valence-electron chi connectivity index (χ1n) is 5.45. The Labute approximate surface area is 105 Å². The number of rotatable bonds is 7. The van der Waals surface area contributed by atoms with Gasteiger partial charge in [-0.3, -0.25) is 4.90 Å². The van der Waals surface area contributed by atoms with Crippen molar-refractivity contribution >= 4 is 15.9 Å². The Morgan fingerprint density at radius 2 is 1.69 bits per heavy atom. The highest BCUT2D eigenvalue weighted by molar-refractivity contribution is 9.10. The summed E-state index contributed by atoms with van der Waals surface area (Å²) in [5.74, 6) is 0. The SMILES string of the molecule is OCCCN(CCO)Cc1ccc(Br)cc1. The second kappa shape index (κ2) is 7.79. The molecule has 0 saturated heterocycles. The lowest BCUT2D eigenvalue weighted by molar-refractivity contribution is 0.174. The number of halogens is 1. The van der Waals surface area contributed by atoms with E-state index in [2.05, 4.69) is 33.0 Å². The maximum absolute atomic E-state index is 8.95. The molecule has 0 radical (unpaired) electrons. The first-order valence-corrected chi connectivity index (χ1v) is 6.24. The summed E-state index contributed by atoms with van der Waals surface area (Å²) in [7, 11) is 0. The van der Waals surface area contributed by atoms with Gasteiger partial charge in [0.25, 0.3) is 0 Å². The molecule has 2 N–H and O–H groups in total. The van der Waals surface area contributed by atoms with E-state index in [1.165, 1.54) is 5.56 Å². The zero-order chi connectivity index (χ0) is 11.8. The first-order chi connectivity index (χ1) is 7.76. The van der Waals surface area contributed by atoms with Crippen LogP contribution < -0.4 is 0 Å². The molecule has 16 heavy (non-hydrogen) atoms. The summed E-state index contributed by atoms with van der Waals surface area (Å²) in [6.07, 6.45) is 0.747. The number of nitrogens with zero attached hydrogens (tertiary/aromatic N) is 1. The van der Waals surface area contributed by atoms with E-state index in [0.717, 1.165) is 24.0 Å². The van der Waals surface area contributed by atoms with E-state index in [1.54, 1.807) is 0 Å². The smallest absolute Gasteiger partial charge is 0.0558 e. The third-order valence-corrected chi connectivity index (χ3v) is 2.90. The number of aliphatic hydroxyl groups is 2. The fourth-order valence-corrected chi connectivity index (χ4v) is 1.82. The highest BCUT2D eigenvalue weighted by Gasteiger charge is 2.04. The van der Waals surface area contributed by atoms with E-state index in [9.17, 15) is 0 Å². The molecule has 0 spiro atoms. The standard InChI is InChI=1S/C12H18BrNO2/c13-12-4-2-11(3-5-12)10-14(7-9-16)6-1-8-15/h2-5,15-16H,1,6-10H2. The van der Waals surface area contributed by atoms with Crippen LogP contribution >= 0.6 is 15.9 Å². The van der Waals surface area contributed by atoms with Gasteiger partial charge in [-0.05, 0) is 24.1 Å². The van der Waals surface area contributed by atoms with Crippen LogP contribution in [0.3, 0.4) is 0 Å². The van der Waals surface area contributed by atoms with E-state index in [-0.39, 0.29) is 13.2 Å². The van der Waals surface area contributed by atoms with Crippen LogP contribution in [0.4, 0.5) is 0 Å². The van der Waals surface area contributed by atoms with Crippen LogP contribution in [-0.2, 0) is 6.54 Å². The average Bonchev–Trinajstić information content (AvgIpc) is 2.29. The van der Waals surface area contributed by atoms with Gasteiger partial charge in [0.15, 0.2) is 0 Å². The quantitative estimate of drug-likeness (QED) is 0.801. The van der Waals surface area contributed by atoms with Crippen molar-refractivity contribution < 1.29 is 10.2 Å². The van der Waals surface area contributed by atoms with Crippen molar-refractivity contribution in [3.05, 3.63) is 34.3 Å². The summed E-state index contributed by atoms with van der Waals surface area (Å²) < 4.78 is 1.07. The van der Waals surface area contributed by atoms with Crippen molar-refractivity contribution in [3.8, 4) is 0 Å². The van der Waals surface area contributed by atoms with Gasteiger partial charge >= 0.3 is 0 Å². The van der Waals surface area contributed by atoms with Crippen LogP contribution in [0.1, 0.15) is 12.0 Å². The third kappa shape index (κ3) is 5.07. The maximum atomic E-state index is 8.95. The zero-order valence-corrected chi connectivity index (χ0v) is 10.9. The molecule has 0 aliphatic heterocycles. The third-order valence-electron chi connectivity index (χ3n) is 2.37. The highest BCUT2D eigenvalue weighted by atomic mass is 79.9. The Hall–Kier alpha value is -0.420. The Kier molecular flexibility index (Phi) is 6.64. The molecule has 0 amide bonds. The molecule has 0 fully saturated rings. The van der Waals surface area contributed by atoms with Crippen molar-refractivity contribution in [1.82, 2.24) is 4.90 Å². The maximum Gasteiger partial charge on any atom is 0.0558 e. The lowest BCUT2D eigenvalue weighted by Crippen LogP contribution is -2.28. The van der Waals surface area contributed by atoms with E-state index in [4.69, 9.17) is 10.2 Å². The molecule has 0 heterocycles. The molecule has 0 unspecified atom stereocenters. The zero-order valence-electron chi connectivity index (χ0n) is 9.27. The lowest BCUT2D eigenvalue weighted by Gasteiger charge is -2.20. The summed E-state index contributed by atoms with van der Waals surface area (Å²) in [6, 6.07) is 8.15. The Morgan fingerprint density at radius 1 is 1.00 bits per heavy atom. The topological polar surface area (TPSA) is 43.7 Å². The highest BCUT2D eigenvalue weighted by Crippen LogP contribution is 2.12. The predicted molar refractivity (Wildman–Crippen MR) is 68.2 cm³/mol. The number of benzene rings is 1. The van der Waals surface area contributed by atoms with Gasteiger partial charge in [0, 0.05) is 30.7 Å². The van der Waals surface area contributed by atoms with Gasteiger partial charge < -0.3 is 10.2 Å². The summed E-state index contributed by atoms with van der Waals surface area (Å²) in [4.78, 5) is 2.14. The molecule has 1 aromatic carbocycles. The molecular weight excluding hydrogens is 270 g/mol. The molecule has 0 saturated carbocycles. The minimum atomic E-state index is 0.155. The molecule has 0 aliphatic rings. The van der Waals surface area contributed by atoms with Crippen LogP contribution in [0, 0.1) is 0 Å². The van der Waals surface area contributed by atoms with Crippen LogP contribution in [0.2, 0.25) is 0 Å². The molecule has 1 rings (SSSR count). The lowest BCUT2D eigenvalue weighted by atomic mass is 10.2. The number of hydrogen-bond acceptors (Lipinski definition) is 3. The van der Waals surface area contributed by atoms with Crippen LogP contribution in [0.25, 0.3) is 0 Å². The second-order valence-electron chi connectivity index (χ2n) is 3.70.